The van der Waals surface area contributed by atoms with Crippen LogP contribution in [0.15, 0.2) is 73.6 Å². The van der Waals surface area contributed by atoms with E-state index in [2.05, 4.69) is 18.0 Å². The number of anilines is 1. The minimum absolute atomic E-state index is 0.0348. The van der Waals surface area contributed by atoms with Crippen LogP contribution >= 0.6 is 0 Å². The van der Waals surface area contributed by atoms with Crippen LogP contribution in [-0.2, 0) is 0 Å². The molecule has 1 aromatic heterocycles. The Morgan fingerprint density at radius 2 is 1.85 bits per heavy atom. The van der Waals surface area contributed by atoms with Gasteiger partial charge in [-0.1, -0.05) is 18.2 Å². The van der Waals surface area contributed by atoms with E-state index in [9.17, 15) is 10.1 Å². The van der Waals surface area contributed by atoms with Crippen LogP contribution in [0.2, 0.25) is 0 Å². The molecule has 0 aliphatic rings. The fraction of sp³-hybridized carbons (Fsp3) is 0.0909. The van der Waals surface area contributed by atoms with Gasteiger partial charge in [0.25, 0.3) is 0 Å². The monoisotopic (exact) mass is 341 g/mol. The predicted molar refractivity (Wildman–Crippen MR) is 105 cm³/mol. The maximum Gasteiger partial charge on any atom is 0.159 e. The molecule has 0 unspecified atom stereocenters. The molecule has 26 heavy (non-hydrogen) atoms. The second-order valence-corrected chi connectivity index (χ2v) is 5.95. The highest BCUT2D eigenvalue weighted by Gasteiger charge is 2.10. The highest BCUT2D eigenvalue weighted by molar-refractivity contribution is 5.94. The first-order valence-corrected chi connectivity index (χ1v) is 8.31. The summed E-state index contributed by atoms with van der Waals surface area (Å²) in [5, 5.41) is 12.7. The molecule has 0 amide bonds. The number of carbonyl (C=O) groups excluding carboxylic acids is 1. The van der Waals surface area contributed by atoms with E-state index in [1.165, 1.54) is 0 Å². The maximum atomic E-state index is 11.4. The van der Waals surface area contributed by atoms with Gasteiger partial charge in [-0.15, -0.1) is 6.58 Å². The van der Waals surface area contributed by atoms with Crippen LogP contribution in [0.4, 0.5) is 5.69 Å². The predicted octanol–water partition coefficient (Wildman–Crippen LogP) is 4.82. The summed E-state index contributed by atoms with van der Waals surface area (Å²) in [7, 11) is 0. The van der Waals surface area contributed by atoms with Crippen molar-refractivity contribution in [1.82, 2.24) is 4.57 Å². The number of Topliss-reactive ketones (excluding diaryl/α,β-unsaturated/α-hetero) is 1. The summed E-state index contributed by atoms with van der Waals surface area (Å²) in [4.78, 5) is 11.4. The van der Waals surface area contributed by atoms with Crippen molar-refractivity contribution in [2.24, 2.45) is 0 Å². The molecule has 3 aromatic rings. The molecule has 0 aliphatic carbocycles. The van der Waals surface area contributed by atoms with Gasteiger partial charge in [0.2, 0.25) is 0 Å². The molecule has 1 N–H and O–H groups in total. The van der Waals surface area contributed by atoms with E-state index in [-0.39, 0.29) is 5.78 Å². The molecule has 0 aliphatic heterocycles. The molecule has 0 fully saturated rings. The van der Waals surface area contributed by atoms with Crippen LogP contribution in [0.3, 0.4) is 0 Å². The number of nitrogens with one attached hydrogen (secondary N) is 1. The number of rotatable bonds is 6. The molecule has 0 saturated heterocycles. The molecule has 0 bridgehead atoms. The molecular formula is C22H19N3O. The smallest absolute Gasteiger partial charge is 0.159 e. The summed E-state index contributed by atoms with van der Waals surface area (Å²) >= 11 is 0. The van der Waals surface area contributed by atoms with Crippen LogP contribution in [0.5, 0.6) is 0 Å². The molecule has 0 atom stereocenters. The summed E-state index contributed by atoms with van der Waals surface area (Å²) in [5.74, 6) is 0.0348. The van der Waals surface area contributed by atoms with E-state index in [1.54, 1.807) is 25.1 Å². The summed E-state index contributed by atoms with van der Waals surface area (Å²) in [6.45, 7) is 5.94. The summed E-state index contributed by atoms with van der Waals surface area (Å²) in [6.07, 6.45) is 5.55. The fourth-order valence-electron chi connectivity index (χ4n) is 2.75. The minimum atomic E-state index is 0.0348. The van der Waals surface area contributed by atoms with Gasteiger partial charge in [-0.3, -0.25) is 4.79 Å². The van der Waals surface area contributed by atoms with Crippen molar-refractivity contribution < 1.29 is 4.79 Å². The van der Waals surface area contributed by atoms with Crippen molar-refractivity contribution in [3.05, 3.63) is 84.7 Å². The van der Waals surface area contributed by atoms with E-state index in [1.807, 2.05) is 53.4 Å². The number of ketones is 1. The largest absolute Gasteiger partial charge is 0.382 e. The van der Waals surface area contributed by atoms with Crippen LogP contribution in [0.1, 0.15) is 22.8 Å². The Bertz CT molecular complexity index is 974. The Morgan fingerprint density at radius 1 is 1.15 bits per heavy atom. The lowest BCUT2D eigenvalue weighted by atomic mass is 10.1. The summed E-state index contributed by atoms with van der Waals surface area (Å²) in [6, 6.07) is 17.6. The summed E-state index contributed by atoms with van der Waals surface area (Å²) in [5.41, 5.74) is 5.04. The standard InChI is InChI=1S/C22H19N3O/c1-3-12-24-20-8-4-18(5-9-20)22-15-25(14-19(22)13-23)21-10-6-17(7-11-21)16(2)26/h3-11,14-15,24H,1,12H2,2H3. The molecule has 4 heteroatoms. The Morgan fingerprint density at radius 3 is 2.42 bits per heavy atom. The second-order valence-electron chi connectivity index (χ2n) is 5.95. The molecule has 4 nitrogen and oxygen atoms in total. The highest BCUT2D eigenvalue weighted by atomic mass is 16.1. The molecule has 0 radical (unpaired) electrons. The third-order valence-corrected chi connectivity index (χ3v) is 4.17. The van der Waals surface area contributed by atoms with Crippen LogP contribution < -0.4 is 5.32 Å². The molecule has 3 rings (SSSR count). The van der Waals surface area contributed by atoms with Crippen molar-refractivity contribution in [2.45, 2.75) is 6.92 Å². The van der Waals surface area contributed by atoms with E-state index < -0.39 is 0 Å². The number of nitriles is 1. The van der Waals surface area contributed by atoms with E-state index in [0.717, 1.165) is 22.5 Å². The average Bonchev–Trinajstić information content (AvgIpc) is 3.11. The Balaban J connectivity index is 1.92. The van der Waals surface area contributed by atoms with Crippen molar-refractivity contribution in [3.8, 4) is 22.9 Å². The minimum Gasteiger partial charge on any atom is -0.382 e. The van der Waals surface area contributed by atoms with Gasteiger partial charge in [0.1, 0.15) is 6.07 Å². The summed E-state index contributed by atoms with van der Waals surface area (Å²) < 4.78 is 1.90. The maximum absolute atomic E-state index is 11.4. The van der Waals surface area contributed by atoms with Crippen molar-refractivity contribution in [2.75, 3.05) is 11.9 Å². The zero-order valence-electron chi connectivity index (χ0n) is 14.6. The normalized spacial score (nSPS) is 10.2. The Labute approximate surface area is 153 Å². The Kier molecular flexibility index (Phi) is 5.00. The van der Waals surface area contributed by atoms with Gasteiger partial charge in [-0.25, -0.2) is 0 Å². The number of aromatic nitrogens is 1. The molecule has 0 saturated carbocycles. The van der Waals surface area contributed by atoms with Crippen LogP contribution in [0.25, 0.3) is 16.8 Å². The number of carbonyl (C=O) groups is 1. The first-order valence-electron chi connectivity index (χ1n) is 8.31. The lowest BCUT2D eigenvalue weighted by Gasteiger charge is -2.05. The average molecular weight is 341 g/mol. The third kappa shape index (κ3) is 3.57. The number of hydrogen-bond donors (Lipinski definition) is 1. The zero-order valence-corrected chi connectivity index (χ0v) is 14.6. The van der Waals surface area contributed by atoms with Crippen molar-refractivity contribution >= 4 is 11.5 Å². The quantitative estimate of drug-likeness (QED) is 0.517. The highest BCUT2D eigenvalue weighted by Crippen LogP contribution is 2.27. The first-order chi connectivity index (χ1) is 12.6. The van der Waals surface area contributed by atoms with Crippen molar-refractivity contribution in [1.29, 1.82) is 5.26 Å². The van der Waals surface area contributed by atoms with E-state index in [0.29, 0.717) is 17.7 Å². The first kappa shape index (κ1) is 17.2. The van der Waals surface area contributed by atoms with Gasteiger partial charge in [-0.05, 0) is 48.9 Å². The van der Waals surface area contributed by atoms with Gasteiger partial charge >= 0.3 is 0 Å². The SMILES string of the molecule is C=CCNc1ccc(-c2cn(-c3ccc(C(C)=O)cc3)cc2C#N)cc1. The number of nitrogens with zero attached hydrogens (tertiary/aromatic N) is 2. The number of benzene rings is 2. The van der Waals surface area contributed by atoms with Crippen LogP contribution in [0, 0.1) is 11.3 Å². The number of hydrogen-bond acceptors (Lipinski definition) is 3. The van der Waals surface area contributed by atoms with Gasteiger partial charge < -0.3 is 9.88 Å². The van der Waals surface area contributed by atoms with Crippen molar-refractivity contribution in [3.63, 3.8) is 0 Å². The topological polar surface area (TPSA) is 57.8 Å². The van der Waals surface area contributed by atoms with Crippen LogP contribution in [-0.4, -0.2) is 16.9 Å². The molecule has 2 aromatic carbocycles. The van der Waals surface area contributed by atoms with Gasteiger partial charge in [-0.2, -0.15) is 5.26 Å². The third-order valence-electron chi connectivity index (χ3n) is 4.17. The Hall–Kier alpha value is -3.58. The van der Waals surface area contributed by atoms with Gasteiger partial charge in [0.05, 0.1) is 5.56 Å². The lowest BCUT2D eigenvalue weighted by Crippen LogP contribution is -1.96. The van der Waals surface area contributed by atoms with Gasteiger partial charge in [0.15, 0.2) is 5.78 Å². The molecule has 128 valence electrons. The second kappa shape index (κ2) is 7.54. The fourth-order valence-corrected chi connectivity index (χ4v) is 2.75. The van der Waals surface area contributed by atoms with E-state index >= 15 is 0 Å². The molecule has 0 spiro atoms. The van der Waals surface area contributed by atoms with E-state index in [4.69, 9.17) is 0 Å². The lowest BCUT2D eigenvalue weighted by molar-refractivity contribution is 0.101. The molecular weight excluding hydrogens is 322 g/mol. The zero-order chi connectivity index (χ0) is 18.5. The van der Waals surface area contributed by atoms with Gasteiger partial charge in [0, 0.05) is 41.4 Å². The molecule has 1 heterocycles.